The Labute approximate surface area is 52.5 Å². The molecule has 1 aliphatic carbocycles. The third kappa shape index (κ3) is 0.633. The van der Waals surface area contributed by atoms with Crippen molar-refractivity contribution in [1.82, 2.24) is 0 Å². The van der Waals surface area contributed by atoms with Gasteiger partial charge in [0.1, 0.15) is 0 Å². The third-order valence-electron chi connectivity index (χ3n) is 1.72. The summed E-state index contributed by atoms with van der Waals surface area (Å²) >= 11 is 5.22. The molecule has 1 aliphatic rings. The van der Waals surface area contributed by atoms with Crippen LogP contribution in [0.3, 0.4) is 0 Å². The zero-order valence-corrected chi connectivity index (χ0v) is 5.37. The van der Waals surface area contributed by atoms with Gasteiger partial charge in [-0.2, -0.15) is 0 Å². The molecule has 0 radical (unpaired) electrons. The van der Waals surface area contributed by atoms with Crippen LogP contribution in [-0.2, 0) is 0 Å². The molecule has 1 fully saturated rings. The molecular weight excluding hydrogens is 131 g/mol. The summed E-state index contributed by atoms with van der Waals surface area (Å²) in [5, 5.41) is 6.85. The highest BCUT2D eigenvalue weighted by Gasteiger charge is 2.64. The van der Waals surface area contributed by atoms with Gasteiger partial charge < -0.3 is 5.11 Å². The van der Waals surface area contributed by atoms with Crippen molar-refractivity contribution in [3.8, 4) is 0 Å². The summed E-state index contributed by atoms with van der Waals surface area (Å²) in [4.78, 5) is 0. The van der Waals surface area contributed by atoms with Crippen molar-refractivity contribution in [2.75, 3.05) is 6.61 Å². The number of halogens is 2. The number of rotatable bonds is 1. The molecule has 1 nitrogen and oxygen atoms in total. The van der Waals surface area contributed by atoms with Gasteiger partial charge >= 0.3 is 0 Å². The minimum absolute atomic E-state index is 0.160. The Balaban J connectivity index is 2.55. The molecule has 0 aromatic rings. The van der Waals surface area contributed by atoms with Crippen LogP contribution in [-0.4, -0.2) is 16.8 Å². The van der Waals surface area contributed by atoms with Crippen molar-refractivity contribution in [3.05, 3.63) is 0 Å². The molecule has 8 heavy (non-hydrogen) atoms. The van der Waals surface area contributed by atoms with Crippen LogP contribution in [0.4, 0.5) is 4.39 Å². The first-order valence-electron chi connectivity index (χ1n) is 2.50. The topological polar surface area (TPSA) is 20.2 Å². The second-order valence-electron chi connectivity index (χ2n) is 2.60. The maximum Gasteiger partial charge on any atom is 0.192 e. The van der Waals surface area contributed by atoms with E-state index in [-0.39, 0.29) is 13.0 Å². The zero-order chi connectivity index (χ0) is 6.41. The van der Waals surface area contributed by atoms with E-state index in [0.717, 1.165) is 0 Å². The molecule has 48 valence electrons. The number of hydrogen-bond donors (Lipinski definition) is 1. The van der Waals surface area contributed by atoms with E-state index in [1.807, 2.05) is 0 Å². The number of aliphatic hydroxyl groups is 1. The number of hydrogen-bond acceptors (Lipinski definition) is 1. The summed E-state index contributed by atoms with van der Waals surface area (Å²) in [6.07, 6.45) is 0.276. The minimum Gasteiger partial charge on any atom is -0.396 e. The fourth-order valence-electron chi connectivity index (χ4n) is 0.617. The molecule has 2 atom stereocenters. The lowest BCUT2D eigenvalue weighted by molar-refractivity contribution is 0.187. The van der Waals surface area contributed by atoms with E-state index in [1.165, 1.54) is 0 Å². The predicted molar refractivity (Wildman–Crippen MR) is 29.5 cm³/mol. The van der Waals surface area contributed by atoms with Crippen LogP contribution < -0.4 is 0 Å². The maximum atomic E-state index is 12.5. The van der Waals surface area contributed by atoms with Crippen molar-refractivity contribution in [2.45, 2.75) is 18.5 Å². The van der Waals surface area contributed by atoms with Gasteiger partial charge in [0.15, 0.2) is 5.13 Å². The average molecular weight is 139 g/mol. The lowest BCUT2D eigenvalue weighted by Crippen LogP contribution is -2.09. The molecule has 3 heteroatoms. The van der Waals surface area contributed by atoms with Crippen molar-refractivity contribution in [3.63, 3.8) is 0 Å². The summed E-state index contributed by atoms with van der Waals surface area (Å²) < 4.78 is 12.5. The van der Waals surface area contributed by atoms with E-state index in [0.29, 0.717) is 0 Å². The molecular formula is C5H8ClFO. The highest BCUT2D eigenvalue weighted by molar-refractivity contribution is 6.25. The molecule has 0 bridgehead atoms. The van der Waals surface area contributed by atoms with Crippen LogP contribution in [0.15, 0.2) is 0 Å². The highest BCUT2D eigenvalue weighted by atomic mass is 35.5. The van der Waals surface area contributed by atoms with Crippen LogP contribution in [0.2, 0.25) is 0 Å². The zero-order valence-electron chi connectivity index (χ0n) is 4.62. The lowest BCUT2D eigenvalue weighted by Gasteiger charge is -2.03. The maximum absolute atomic E-state index is 12.5. The summed E-state index contributed by atoms with van der Waals surface area (Å²) in [5.74, 6) is 0. The highest BCUT2D eigenvalue weighted by Crippen LogP contribution is 2.61. The first-order valence-corrected chi connectivity index (χ1v) is 2.88. The van der Waals surface area contributed by atoms with Crippen LogP contribution in [0.1, 0.15) is 13.3 Å². The number of alkyl halides is 2. The molecule has 1 saturated carbocycles. The summed E-state index contributed by atoms with van der Waals surface area (Å²) in [7, 11) is 0. The Kier molecular flexibility index (Phi) is 1.07. The van der Waals surface area contributed by atoms with E-state index < -0.39 is 10.5 Å². The summed E-state index contributed by atoms with van der Waals surface area (Å²) in [6, 6.07) is 0. The average Bonchev–Trinajstić information content (AvgIpc) is 2.10. The second-order valence-corrected chi connectivity index (χ2v) is 3.20. The van der Waals surface area contributed by atoms with Gasteiger partial charge in [0, 0.05) is 11.8 Å². The summed E-state index contributed by atoms with van der Waals surface area (Å²) in [6.45, 7) is 1.47. The normalized spacial score (nSPS) is 54.0. The van der Waals surface area contributed by atoms with Crippen LogP contribution in [0, 0.1) is 5.41 Å². The Morgan fingerprint density at radius 1 is 1.88 bits per heavy atom. The Bertz CT molecular complexity index is 115. The molecule has 0 unspecified atom stereocenters. The van der Waals surface area contributed by atoms with Crippen molar-refractivity contribution in [2.24, 2.45) is 5.41 Å². The lowest BCUT2D eigenvalue weighted by atomic mass is 10.2. The molecule has 1 N–H and O–H groups in total. The molecule has 0 aliphatic heterocycles. The van der Waals surface area contributed by atoms with Gasteiger partial charge in [-0.05, 0) is 0 Å². The quantitative estimate of drug-likeness (QED) is 0.542. The monoisotopic (exact) mass is 138 g/mol. The summed E-state index contributed by atoms with van der Waals surface area (Å²) in [5.41, 5.74) is -0.658. The van der Waals surface area contributed by atoms with Gasteiger partial charge in [-0.1, -0.05) is 18.5 Å². The fourth-order valence-corrected chi connectivity index (χ4v) is 0.972. The van der Waals surface area contributed by atoms with Gasteiger partial charge in [-0.15, -0.1) is 0 Å². The van der Waals surface area contributed by atoms with E-state index in [2.05, 4.69) is 0 Å². The Hall–Kier alpha value is 0.180. The van der Waals surface area contributed by atoms with E-state index in [4.69, 9.17) is 16.7 Å². The Morgan fingerprint density at radius 3 is 2.25 bits per heavy atom. The first-order chi connectivity index (χ1) is 3.52. The molecule has 0 saturated heterocycles. The van der Waals surface area contributed by atoms with Gasteiger partial charge in [0.2, 0.25) is 0 Å². The van der Waals surface area contributed by atoms with Crippen LogP contribution in [0.5, 0.6) is 0 Å². The second kappa shape index (κ2) is 1.36. The minimum atomic E-state index is -1.62. The standard InChI is InChI=1S/C5H8ClFO/c1-4(3-8)2-5(4,6)7/h8H,2-3H2,1H3/t4-,5+/m0/s1. The smallest absolute Gasteiger partial charge is 0.192 e. The third-order valence-corrected chi connectivity index (χ3v) is 2.31. The molecule has 0 aromatic carbocycles. The molecule has 0 heterocycles. The van der Waals surface area contributed by atoms with Gasteiger partial charge in [0.25, 0.3) is 0 Å². The first kappa shape index (κ1) is 6.30. The molecule has 0 aromatic heterocycles. The van der Waals surface area contributed by atoms with Gasteiger partial charge in [0.05, 0.1) is 6.61 Å². The van der Waals surface area contributed by atoms with Gasteiger partial charge in [-0.3, -0.25) is 0 Å². The van der Waals surface area contributed by atoms with Gasteiger partial charge in [-0.25, -0.2) is 4.39 Å². The van der Waals surface area contributed by atoms with E-state index >= 15 is 0 Å². The molecule has 1 rings (SSSR count). The fraction of sp³-hybridized carbons (Fsp3) is 1.00. The molecule has 0 spiro atoms. The number of aliphatic hydroxyl groups excluding tert-OH is 1. The van der Waals surface area contributed by atoms with Crippen LogP contribution >= 0.6 is 11.6 Å². The van der Waals surface area contributed by atoms with Crippen LogP contribution in [0.25, 0.3) is 0 Å². The van der Waals surface area contributed by atoms with E-state index in [1.54, 1.807) is 6.92 Å². The van der Waals surface area contributed by atoms with Crippen molar-refractivity contribution < 1.29 is 9.50 Å². The Morgan fingerprint density at radius 2 is 2.25 bits per heavy atom. The SMILES string of the molecule is C[C@@]1(CO)C[C@]1(F)Cl. The molecule has 0 amide bonds. The van der Waals surface area contributed by atoms with Crippen molar-refractivity contribution in [1.29, 1.82) is 0 Å². The van der Waals surface area contributed by atoms with Crippen molar-refractivity contribution >= 4 is 11.6 Å². The van der Waals surface area contributed by atoms with E-state index in [9.17, 15) is 4.39 Å². The largest absolute Gasteiger partial charge is 0.396 e. The predicted octanol–water partition coefficient (Wildman–Crippen LogP) is 1.29.